The van der Waals surface area contributed by atoms with Crippen molar-refractivity contribution in [3.8, 4) is 5.75 Å². The molecule has 4 rings (SSSR count). The molecular formula is C41H53N2O10PS. The maximum atomic E-state index is 14.4. The van der Waals surface area contributed by atoms with Crippen LogP contribution in [0.25, 0.3) is 0 Å². The molecule has 0 aliphatic rings. The van der Waals surface area contributed by atoms with Gasteiger partial charge in [-0.15, -0.1) is 0 Å². The average molecular weight is 797 g/mol. The van der Waals surface area contributed by atoms with Gasteiger partial charge in [0.1, 0.15) is 17.7 Å². The number of ether oxygens (including phenoxy) is 3. The van der Waals surface area contributed by atoms with Crippen molar-refractivity contribution in [2.24, 2.45) is 0 Å². The molecule has 0 radical (unpaired) electrons. The van der Waals surface area contributed by atoms with Gasteiger partial charge in [-0.1, -0.05) is 91.0 Å². The molecule has 0 aliphatic carbocycles. The van der Waals surface area contributed by atoms with E-state index in [2.05, 4.69) is 5.32 Å². The summed E-state index contributed by atoms with van der Waals surface area (Å²) in [6.45, 7) is 7.71. The van der Waals surface area contributed by atoms with Gasteiger partial charge < -0.3 is 33.7 Å². The maximum Gasteiger partial charge on any atom is 0.407 e. The van der Waals surface area contributed by atoms with Crippen LogP contribution in [-0.4, -0.2) is 73.8 Å². The van der Waals surface area contributed by atoms with Gasteiger partial charge in [0, 0.05) is 13.1 Å². The van der Waals surface area contributed by atoms with E-state index in [-0.39, 0.29) is 31.1 Å². The summed E-state index contributed by atoms with van der Waals surface area (Å²) in [5, 5.41) is 14.5. The van der Waals surface area contributed by atoms with Crippen molar-refractivity contribution in [2.75, 3.05) is 26.5 Å². The number of methoxy groups -OCH3 is 1. The third-order valence-electron chi connectivity index (χ3n) is 8.26. The van der Waals surface area contributed by atoms with Crippen molar-refractivity contribution in [3.63, 3.8) is 0 Å². The Hall–Kier alpha value is -4.07. The summed E-state index contributed by atoms with van der Waals surface area (Å²) in [7, 11) is -6.76. The molecule has 0 heterocycles. The number of nitrogens with one attached hydrogen (secondary N) is 1. The van der Waals surface area contributed by atoms with E-state index in [9.17, 15) is 22.9 Å². The van der Waals surface area contributed by atoms with E-state index >= 15 is 0 Å². The molecule has 0 aromatic heterocycles. The lowest BCUT2D eigenvalue weighted by Crippen LogP contribution is -2.53. The maximum absolute atomic E-state index is 14.4. The zero-order chi connectivity index (χ0) is 40.1. The number of carbonyl (C=O) groups is 1. The molecule has 4 aromatic carbocycles. The fourth-order valence-corrected chi connectivity index (χ4v) is 8.45. The number of aliphatic hydroxyl groups excluding tert-OH is 1. The van der Waals surface area contributed by atoms with Crippen molar-refractivity contribution in [3.05, 3.63) is 132 Å². The molecule has 298 valence electrons. The lowest BCUT2D eigenvalue weighted by Gasteiger charge is -2.35. The minimum Gasteiger partial charge on any atom is -0.497 e. The predicted molar refractivity (Wildman–Crippen MR) is 211 cm³/mol. The first-order valence-corrected chi connectivity index (χ1v) is 21.1. The molecule has 2 atom stereocenters. The van der Waals surface area contributed by atoms with Crippen LogP contribution in [0.1, 0.15) is 51.3 Å². The Morgan fingerprint density at radius 2 is 1.27 bits per heavy atom. The minimum atomic E-state index is -4.30. The van der Waals surface area contributed by atoms with Crippen molar-refractivity contribution in [1.29, 1.82) is 0 Å². The highest BCUT2D eigenvalue weighted by molar-refractivity contribution is 7.89. The van der Waals surface area contributed by atoms with Crippen molar-refractivity contribution in [1.82, 2.24) is 9.62 Å². The highest BCUT2D eigenvalue weighted by Gasteiger charge is 2.37. The van der Waals surface area contributed by atoms with E-state index in [4.69, 9.17) is 23.3 Å². The van der Waals surface area contributed by atoms with Crippen LogP contribution in [0.5, 0.6) is 5.75 Å². The highest BCUT2D eigenvalue weighted by Crippen LogP contribution is 2.50. The van der Waals surface area contributed by atoms with E-state index in [0.29, 0.717) is 5.75 Å². The number of benzene rings is 4. The molecule has 0 aliphatic heterocycles. The molecule has 0 fully saturated rings. The van der Waals surface area contributed by atoms with E-state index in [0.717, 1.165) is 21.0 Å². The van der Waals surface area contributed by atoms with Gasteiger partial charge in [-0.2, -0.15) is 4.31 Å². The normalized spacial score (nSPS) is 13.6. The number of nitrogens with zero attached hydrogens (tertiary/aromatic N) is 1. The molecule has 0 saturated carbocycles. The smallest absolute Gasteiger partial charge is 0.407 e. The van der Waals surface area contributed by atoms with Crippen LogP contribution in [0.15, 0.2) is 120 Å². The highest BCUT2D eigenvalue weighted by atomic mass is 32.2. The lowest BCUT2D eigenvalue weighted by molar-refractivity contribution is -0.0211. The van der Waals surface area contributed by atoms with E-state index in [1.807, 2.05) is 91.0 Å². The second-order valence-corrected chi connectivity index (χ2v) is 18.6. The number of carbonyl (C=O) groups excluding carboxylic acids is 1. The summed E-state index contributed by atoms with van der Waals surface area (Å²) < 4.78 is 72.7. The van der Waals surface area contributed by atoms with Gasteiger partial charge in [-0.25, -0.2) is 13.2 Å². The zero-order valence-electron chi connectivity index (χ0n) is 32.3. The van der Waals surface area contributed by atoms with Crippen LogP contribution in [-0.2, 0) is 52.7 Å². The monoisotopic (exact) mass is 796 g/mol. The quantitative estimate of drug-likeness (QED) is 0.0859. The van der Waals surface area contributed by atoms with Gasteiger partial charge in [-0.3, -0.25) is 4.57 Å². The molecule has 1 amide bonds. The second-order valence-electron chi connectivity index (χ2n) is 14.6. The molecule has 2 N–H and O–H groups in total. The molecule has 2 unspecified atom stereocenters. The van der Waals surface area contributed by atoms with Crippen molar-refractivity contribution < 1.29 is 46.1 Å². The first kappa shape index (κ1) is 43.7. The van der Waals surface area contributed by atoms with Gasteiger partial charge in [0.15, 0.2) is 0 Å². The molecule has 4 aromatic rings. The first-order valence-electron chi connectivity index (χ1n) is 17.9. The topological polar surface area (TPSA) is 150 Å². The number of hydrogen-bond donors (Lipinski definition) is 2. The summed E-state index contributed by atoms with van der Waals surface area (Å²) in [6.07, 6.45) is -2.48. The number of amides is 1. The Morgan fingerprint density at radius 1 is 0.782 bits per heavy atom. The Morgan fingerprint density at radius 3 is 1.75 bits per heavy atom. The number of sulfonamides is 1. The lowest BCUT2D eigenvalue weighted by atomic mass is 10.0. The fourth-order valence-electron chi connectivity index (χ4n) is 5.42. The van der Waals surface area contributed by atoms with Gasteiger partial charge in [0.05, 0.1) is 43.0 Å². The molecular weight excluding hydrogens is 743 g/mol. The molecule has 14 heteroatoms. The predicted octanol–water partition coefficient (Wildman–Crippen LogP) is 7.56. The summed E-state index contributed by atoms with van der Waals surface area (Å²) in [5.41, 5.74) is 0.251. The largest absolute Gasteiger partial charge is 0.497 e. The third kappa shape index (κ3) is 14.5. The van der Waals surface area contributed by atoms with Crippen LogP contribution in [0.3, 0.4) is 0 Å². The van der Waals surface area contributed by atoms with Crippen LogP contribution >= 0.6 is 7.60 Å². The molecule has 0 bridgehead atoms. The summed E-state index contributed by atoms with van der Waals surface area (Å²) >= 11 is 0. The SMILES string of the molecule is COc1ccc(S(=O)(=O)N(CC(O)C(Cc2ccccc2)NC(=O)OC(C)(C)C)CC(C)(C)OCP(=O)(OCc2ccccc2)OCc2ccccc2)cc1. The van der Waals surface area contributed by atoms with Gasteiger partial charge in [0.2, 0.25) is 10.0 Å². The van der Waals surface area contributed by atoms with E-state index in [1.54, 1.807) is 34.6 Å². The van der Waals surface area contributed by atoms with Crippen LogP contribution < -0.4 is 10.1 Å². The number of rotatable bonds is 20. The van der Waals surface area contributed by atoms with Crippen LogP contribution in [0.2, 0.25) is 0 Å². The zero-order valence-corrected chi connectivity index (χ0v) is 34.0. The first-order chi connectivity index (χ1) is 26.0. The Bertz CT molecular complexity index is 1880. The van der Waals surface area contributed by atoms with Crippen LogP contribution in [0.4, 0.5) is 4.79 Å². The van der Waals surface area contributed by atoms with Gasteiger partial charge in [-0.05, 0) is 82.0 Å². The number of alkyl carbamates (subject to hydrolysis) is 1. The van der Waals surface area contributed by atoms with E-state index < -0.39 is 60.0 Å². The average Bonchev–Trinajstić information content (AvgIpc) is 3.15. The third-order valence-corrected chi connectivity index (χ3v) is 11.6. The second kappa shape index (κ2) is 19.7. The van der Waals surface area contributed by atoms with Crippen molar-refractivity contribution in [2.45, 2.75) is 82.5 Å². The summed E-state index contributed by atoms with van der Waals surface area (Å²) in [5.74, 6) is 0.459. The number of aliphatic hydroxyl groups is 1. The van der Waals surface area contributed by atoms with Crippen molar-refractivity contribution >= 4 is 23.7 Å². The molecule has 12 nitrogen and oxygen atoms in total. The minimum absolute atomic E-state index is 0.00564. The summed E-state index contributed by atoms with van der Waals surface area (Å²) in [4.78, 5) is 12.9. The Balaban J connectivity index is 1.61. The number of hydrogen-bond acceptors (Lipinski definition) is 10. The standard InChI is InChI=1S/C41H53N2O10PS/c1-40(2,3)53-39(45)42-37(26-32-16-10-7-11-17-32)38(44)27-43(55(47,48)36-24-22-35(49-6)23-25-36)30-41(4,5)50-31-54(46,51-28-33-18-12-8-13-19-33)52-29-34-20-14-9-15-21-34/h7-25,37-38,44H,26-31H2,1-6H3,(H,42,45). The molecule has 0 saturated heterocycles. The Labute approximate surface area is 325 Å². The summed E-state index contributed by atoms with van der Waals surface area (Å²) in [6, 6.07) is 32.5. The molecule has 55 heavy (non-hydrogen) atoms. The van der Waals surface area contributed by atoms with Crippen LogP contribution in [0, 0.1) is 0 Å². The van der Waals surface area contributed by atoms with E-state index in [1.165, 1.54) is 31.4 Å². The Kier molecular flexibility index (Phi) is 15.6. The van der Waals surface area contributed by atoms with Gasteiger partial charge in [0.25, 0.3) is 0 Å². The van der Waals surface area contributed by atoms with Gasteiger partial charge >= 0.3 is 13.7 Å². The fraction of sp³-hybridized carbons (Fsp3) is 0.390. The molecule has 0 spiro atoms.